The van der Waals surface area contributed by atoms with E-state index in [2.05, 4.69) is 15.3 Å². The molecule has 23 heavy (non-hydrogen) atoms. The van der Waals surface area contributed by atoms with Gasteiger partial charge in [-0.05, 0) is 43.2 Å². The van der Waals surface area contributed by atoms with E-state index in [1.54, 1.807) is 30.6 Å². The highest BCUT2D eigenvalue weighted by Crippen LogP contribution is 2.24. The molecule has 6 nitrogen and oxygen atoms in total. The number of rotatable bonds is 6. The molecular weight excluding hydrogens is 316 g/mol. The summed E-state index contributed by atoms with van der Waals surface area (Å²) in [6.45, 7) is 3.88. The maximum Gasteiger partial charge on any atom is 0.321 e. The smallest absolute Gasteiger partial charge is 0.321 e. The number of aryl methyl sites for hydroxylation is 1. The molecule has 0 spiro atoms. The number of halogens is 1. The maximum atomic E-state index is 11.9. The minimum atomic E-state index is -0.488. The number of nitrogens with one attached hydrogen (secondary N) is 1. The molecule has 0 aliphatic heterocycles. The zero-order valence-electron chi connectivity index (χ0n) is 13.2. The summed E-state index contributed by atoms with van der Waals surface area (Å²) in [4.78, 5) is 19.9. The Bertz CT molecular complexity index is 637. The van der Waals surface area contributed by atoms with Crippen LogP contribution in [-0.2, 0) is 4.79 Å². The van der Waals surface area contributed by atoms with E-state index in [1.807, 2.05) is 19.9 Å². The van der Waals surface area contributed by atoms with E-state index in [0.29, 0.717) is 12.2 Å². The number of benzene rings is 1. The summed E-state index contributed by atoms with van der Waals surface area (Å²) in [6.07, 6.45) is 4.76. The van der Waals surface area contributed by atoms with Gasteiger partial charge in [0.1, 0.15) is 5.75 Å². The van der Waals surface area contributed by atoms with Gasteiger partial charge in [0.15, 0.2) is 0 Å². The average molecular weight is 337 g/mol. The Morgan fingerprint density at radius 3 is 2.65 bits per heavy atom. The molecule has 0 aliphatic rings. The van der Waals surface area contributed by atoms with Crippen molar-refractivity contribution in [1.29, 1.82) is 0 Å². The van der Waals surface area contributed by atoms with Crippen LogP contribution in [0.2, 0.25) is 0 Å². The molecule has 1 unspecified atom stereocenters. The van der Waals surface area contributed by atoms with Gasteiger partial charge in [0.25, 0.3) is 0 Å². The van der Waals surface area contributed by atoms with Gasteiger partial charge in [0.2, 0.25) is 5.91 Å². The third kappa shape index (κ3) is 5.50. The van der Waals surface area contributed by atoms with Gasteiger partial charge >= 0.3 is 6.01 Å². The molecular formula is C16H21ClN4O2. The molecule has 0 aliphatic carbocycles. The second-order valence-electron chi connectivity index (χ2n) is 4.99. The normalized spacial score (nSPS) is 11.3. The van der Waals surface area contributed by atoms with E-state index in [4.69, 9.17) is 10.5 Å². The van der Waals surface area contributed by atoms with Crippen LogP contribution in [0, 0.1) is 6.92 Å². The molecule has 1 heterocycles. The van der Waals surface area contributed by atoms with Gasteiger partial charge in [-0.2, -0.15) is 0 Å². The van der Waals surface area contributed by atoms with Crippen molar-refractivity contribution < 1.29 is 9.53 Å². The molecule has 0 fully saturated rings. The Morgan fingerprint density at radius 2 is 2.04 bits per heavy atom. The summed E-state index contributed by atoms with van der Waals surface area (Å²) in [7, 11) is 0. The van der Waals surface area contributed by atoms with Crippen LogP contribution in [0.15, 0.2) is 36.7 Å². The Hall–Kier alpha value is -2.18. The molecule has 0 saturated carbocycles. The number of aromatic nitrogens is 2. The number of carbonyl (C=O) groups is 1. The summed E-state index contributed by atoms with van der Waals surface area (Å²) < 4.78 is 5.55. The quantitative estimate of drug-likeness (QED) is 0.846. The average Bonchev–Trinajstić information content (AvgIpc) is 2.51. The minimum absolute atomic E-state index is 0. The lowest BCUT2D eigenvalue weighted by Gasteiger charge is -2.13. The summed E-state index contributed by atoms with van der Waals surface area (Å²) in [5.74, 6) is 0.435. The molecule has 124 valence electrons. The summed E-state index contributed by atoms with van der Waals surface area (Å²) in [6, 6.07) is 6.86. The van der Waals surface area contributed by atoms with Gasteiger partial charge in [-0.1, -0.05) is 13.3 Å². The van der Waals surface area contributed by atoms with Crippen LogP contribution in [0.1, 0.15) is 25.3 Å². The van der Waals surface area contributed by atoms with Crippen LogP contribution >= 0.6 is 12.4 Å². The van der Waals surface area contributed by atoms with Crippen LogP contribution < -0.4 is 15.8 Å². The number of nitrogens with two attached hydrogens (primary N) is 1. The van der Waals surface area contributed by atoms with E-state index in [-0.39, 0.29) is 24.3 Å². The maximum absolute atomic E-state index is 11.9. The van der Waals surface area contributed by atoms with E-state index < -0.39 is 6.04 Å². The van der Waals surface area contributed by atoms with E-state index in [9.17, 15) is 4.79 Å². The molecule has 1 amide bonds. The molecule has 0 bridgehead atoms. The zero-order chi connectivity index (χ0) is 15.9. The van der Waals surface area contributed by atoms with Crippen LogP contribution in [-0.4, -0.2) is 21.9 Å². The topological polar surface area (TPSA) is 90.1 Å². The number of carbonyl (C=O) groups excluding carboxylic acids is 1. The van der Waals surface area contributed by atoms with Crippen LogP contribution in [0.5, 0.6) is 11.8 Å². The molecule has 1 aromatic heterocycles. The Balaban J connectivity index is 0.00000264. The summed E-state index contributed by atoms with van der Waals surface area (Å²) >= 11 is 0. The first-order valence-corrected chi connectivity index (χ1v) is 7.22. The van der Waals surface area contributed by atoms with Crippen molar-refractivity contribution in [3.63, 3.8) is 0 Å². The summed E-state index contributed by atoms with van der Waals surface area (Å²) in [5, 5.41) is 2.84. The number of hydrogen-bond acceptors (Lipinski definition) is 5. The number of hydrogen-bond donors (Lipinski definition) is 2. The molecule has 3 N–H and O–H groups in total. The zero-order valence-corrected chi connectivity index (χ0v) is 14.0. The third-order valence-corrected chi connectivity index (χ3v) is 3.14. The standard InChI is InChI=1S/C16H20N4O2.ClH/c1-3-5-13(17)15(21)20-14-7-6-12(10-11(14)2)22-16-18-8-4-9-19-16;/h4,6-10,13H,3,5,17H2,1-2H3,(H,20,21);1H. The van der Waals surface area contributed by atoms with Crippen molar-refractivity contribution in [2.45, 2.75) is 32.7 Å². The fraction of sp³-hybridized carbons (Fsp3) is 0.312. The Morgan fingerprint density at radius 1 is 1.35 bits per heavy atom. The lowest BCUT2D eigenvalue weighted by molar-refractivity contribution is -0.117. The van der Waals surface area contributed by atoms with E-state index in [0.717, 1.165) is 17.7 Å². The minimum Gasteiger partial charge on any atom is -0.424 e. The lowest BCUT2D eigenvalue weighted by Crippen LogP contribution is -2.35. The third-order valence-electron chi connectivity index (χ3n) is 3.14. The summed E-state index contributed by atoms with van der Waals surface area (Å²) in [5.41, 5.74) is 7.40. The van der Waals surface area contributed by atoms with Gasteiger partial charge in [-0.3, -0.25) is 4.79 Å². The molecule has 7 heteroatoms. The molecule has 1 aromatic carbocycles. The molecule has 1 atom stereocenters. The van der Waals surface area contributed by atoms with Gasteiger partial charge in [0, 0.05) is 18.1 Å². The second-order valence-corrected chi connectivity index (χ2v) is 4.99. The largest absolute Gasteiger partial charge is 0.424 e. The van der Waals surface area contributed by atoms with Crippen LogP contribution in [0.4, 0.5) is 5.69 Å². The first kappa shape index (κ1) is 18.9. The van der Waals surface area contributed by atoms with Crippen molar-refractivity contribution in [1.82, 2.24) is 9.97 Å². The predicted molar refractivity (Wildman–Crippen MR) is 92.0 cm³/mol. The Labute approximate surface area is 141 Å². The second kappa shape index (κ2) is 9.07. The predicted octanol–water partition coefficient (Wildman–Crippen LogP) is 3.07. The number of anilines is 1. The van der Waals surface area contributed by atoms with Crippen molar-refractivity contribution in [3.05, 3.63) is 42.2 Å². The first-order valence-electron chi connectivity index (χ1n) is 7.22. The van der Waals surface area contributed by atoms with Crippen LogP contribution in [0.3, 0.4) is 0 Å². The Kier molecular flexibility index (Phi) is 7.44. The molecule has 0 radical (unpaired) electrons. The number of amides is 1. The van der Waals surface area contributed by atoms with E-state index in [1.165, 1.54) is 0 Å². The van der Waals surface area contributed by atoms with Crippen molar-refractivity contribution in [2.75, 3.05) is 5.32 Å². The van der Waals surface area contributed by atoms with Crippen molar-refractivity contribution in [3.8, 4) is 11.8 Å². The SMILES string of the molecule is CCCC(N)C(=O)Nc1ccc(Oc2ncccn2)cc1C.Cl. The molecule has 2 aromatic rings. The van der Waals surface area contributed by atoms with Crippen LogP contribution in [0.25, 0.3) is 0 Å². The lowest BCUT2D eigenvalue weighted by atomic mass is 10.1. The highest BCUT2D eigenvalue weighted by atomic mass is 35.5. The van der Waals surface area contributed by atoms with E-state index >= 15 is 0 Å². The van der Waals surface area contributed by atoms with Gasteiger partial charge in [-0.25, -0.2) is 9.97 Å². The first-order chi connectivity index (χ1) is 10.6. The number of ether oxygens (including phenoxy) is 1. The van der Waals surface area contributed by atoms with Gasteiger partial charge < -0.3 is 15.8 Å². The van der Waals surface area contributed by atoms with Crippen molar-refractivity contribution in [2.24, 2.45) is 5.73 Å². The van der Waals surface area contributed by atoms with Crippen molar-refractivity contribution >= 4 is 24.0 Å². The molecule has 0 saturated heterocycles. The van der Waals surface area contributed by atoms with Gasteiger partial charge in [-0.15, -0.1) is 12.4 Å². The highest BCUT2D eigenvalue weighted by Gasteiger charge is 2.13. The monoisotopic (exact) mass is 336 g/mol. The number of nitrogens with zero attached hydrogens (tertiary/aromatic N) is 2. The fourth-order valence-corrected chi connectivity index (χ4v) is 1.95. The molecule has 2 rings (SSSR count). The fourth-order valence-electron chi connectivity index (χ4n) is 1.95. The van der Waals surface area contributed by atoms with Gasteiger partial charge in [0.05, 0.1) is 6.04 Å². The highest BCUT2D eigenvalue weighted by molar-refractivity contribution is 5.95.